The highest BCUT2D eigenvalue weighted by atomic mass is 16.5. The van der Waals surface area contributed by atoms with Gasteiger partial charge < -0.3 is 28.8 Å². The lowest BCUT2D eigenvalue weighted by Crippen LogP contribution is -2.09. The Morgan fingerprint density at radius 2 is 1.14 bits per heavy atom. The summed E-state index contributed by atoms with van der Waals surface area (Å²) in [5.74, 6) is 2.84. The number of benzene rings is 4. The molecule has 1 unspecified atom stereocenters. The molecule has 4 aromatic rings. The van der Waals surface area contributed by atoms with Crippen molar-refractivity contribution in [3.8, 4) is 23.0 Å². The van der Waals surface area contributed by atoms with E-state index in [2.05, 4.69) is 0 Å². The fourth-order valence-corrected chi connectivity index (χ4v) is 3.76. The molecule has 0 saturated carbocycles. The standard InChI is InChI=1S/C31H32O6/c1-33-27-13-8-23(9-14-27)20-35-29-17-12-25(22-37-31(19-32)26-6-4-3-5-7-26)18-30(29)36-21-24-10-15-28(34-2)16-11-24/h3-18,31-32H,19-22H2,1-2H3. The van der Waals surface area contributed by atoms with Crippen LogP contribution in [-0.2, 0) is 24.6 Å². The van der Waals surface area contributed by atoms with Gasteiger partial charge in [0.25, 0.3) is 0 Å². The van der Waals surface area contributed by atoms with Crippen LogP contribution in [0.15, 0.2) is 97.1 Å². The minimum Gasteiger partial charge on any atom is -0.497 e. The molecule has 0 bridgehead atoms. The normalized spacial score (nSPS) is 11.5. The van der Waals surface area contributed by atoms with E-state index in [4.69, 9.17) is 23.7 Å². The van der Waals surface area contributed by atoms with E-state index in [1.54, 1.807) is 14.2 Å². The zero-order chi connectivity index (χ0) is 25.9. The maximum Gasteiger partial charge on any atom is 0.162 e. The van der Waals surface area contributed by atoms with Crippen molar-refractivity contribution in [1.29, 1.82) is 0 Å². The lowest BCUT2D eigenvalue weighted by Gasteiger charge is -2.18. The predicted octanol–water partition coefficient (Wildman–Crippen LogP) is 6.11. The molecular weight excluding hydrogens is 468 g/mol. The van der Waals surface area contributed by atoms with Crippen LogP contribution in [0.25, 0.3) is 0 Å². The maximum atomic E-state index is 9.83. The second-order valence-electron chi connectivity index (χ2n) is 8.45. The van der Waals surface area contributed by atoms with Crippen LogP contribution in [0.2, 0.25) is 0 Å². The van der Waals surface area contributed by atoms with Crippen LogP contribution in [0.1, 0.15) is 28.4 Å². The average Bonchev–Trinajstić information content (AvgIpc) is 2.97. The summed E-state index contributed by atoms with van der Waals surface area (Å²) in [6, 6.07) is 31.0. The van der Waals surface area contributed by atoms with Crippen molar-refractivity contribution in [2.24, 2.45) is 0 Å². The lowest BCUT2D eigenvalue weighted by molar-refractivity contribution is 0.00101. The second-order valence-corrected chi connectivity index (χ2v) is 8.45. The fourth-order valence-electron chi connectivity index (χ4n) is 3.76. The first-order chi connectivity index (χ1) is 18.2. The third-order valence-electron chi connectivity index (χ3n) is 5.90. The zero-order valence-electron chi connectivity index (χ0n) is 21.1. The topological polar surface area (TPSA) is 66.4 Å². The van der Waals surface area contributed by atoms with Crippen LogP contribution < -0.4 is 18.9 Å². The number of aliphatic hydroxyl groups is 1. The van der Waals surface area contributed by atoms with Crippen molar-refractivity contribution in [2.75, 3.05) is 20.8 Å². The molecule has 0 aliphatic heterocycles. The van der Waals surface area contributed by atoms with E-state index in [9.17, 15) is 5.11 Å². The Hall–Kier alpha value is -4.00. The molecule has 1 N–H and O–H groups in total. The summed E-state index contributed by atoms with van der Waals surface area (Å²) >= 11 is 0. The highest BCUT2D eigenvalue weighted by Crippen LogP contribution is 2.31. The van der Waals surface area contributed by atoms with Crippen molar-refractivity contribution in [3.63, 3.8) is 0 Å². The van der Waals surface area contributed by atoms with Gasteiger partial charge >= 0.3 is 0 Å². The SMILES string of the molecule is COc1ccc(COc2ccc(COC(CO)c3ccccc3)cc2OCc2ccc(OC)cc2)cc1. The Morgan fingerprint density at radius 3 is 1.68 bits per heavy atom. The molecule has 0 spiro atoms. The monoisotopic (exact) mass is 500 g/mol. The quantitative estimate of drug-likeness (QED) is 0.239. The van der Waals surface area contributed by atoms with Crippen LogP contribution in [-0.4, -0.2) is 25.9 Å². The van der Waals surface area contributed by atoms with E-state index < -0.39 is 6.10 Å². The highest BCUT2D eigenvalue weighted by Gasteiger charge is 2.13. The summed E-state index contributed by atoms with van der Waals surface area (Å²) in [5, 5.41) is 9.83. The van der Waals surface area contributed by atoms with Crippen LogP contribution in [0, 0.1) is 0 Å². The molecule has 0 amide bonds. The van der Waals surface area contributed by atoms with Crippen LogP contribution in [0.3, 0.4) is 0 Å². The molecule has 0 heterocycles. The first-order valence-corrected chi connectivity index (χ1v) is 12.1. The average molecular weight is 501 g/mol. The predicted molar refractivity (Wildman–Crippen MR) is 142 cm³/mol. The molecule has 4 aromatic carbocycles. The number of methoxy groups -OCH3 is 2. The van der Waals surface area contributed by atoms with Crippen molar-refractivity contribution < 1.29 is 28.8 Å². The molecule has 0 aliphatic carbocycles. The van der Waals surface area contributed by atoms with Gasteiger partial charge in [-0.05, 0) is 58.7 Å². The van der Waals surface area contributed by atoms with Crippen molar-refractivity contribution >= 4 is 0 Å². The summed E-state index contributed by atoms with van der Waals surface area (Å²) < 4.78 is 28.8. The number of ether oxygens (including phenoxy) is 5. The summed E-state index contributed by atoms with van der Waals surface area (Å²) in [6.07, 6.45) is -0.407. The maximum absolute atomic E-state index is 9.83. The van der Waals surface area contributed by atoms with Gasteiger partial charge in [0.2, 0.25) is 0 Å². The lowest BCUT2D eigenvalue weighted by atomic mass is 10.1. The number of aliphatic hydroxyl groups excluding tert-OH is 1. The number of hydrogen-bond donors (Lipinski definition) is 1. The van der Waals surface area contributed by atoms with Gasteiger partial charge in [0.15, 0.2) is 11.5 Å². The van der Waals surface area contributed by atoms with E-state index in [0.29, 0.717) is 31.3 Å². The molecule has 0 radical (unpaired) electrons. The minimum absolute atomic E-state index is 0.103. The Bertz CT molecular complexity index is 1220. The number of rotatable bonds is 13. The van der Waals surface area contributed by atoms with Crippen LogP contribution in [0.5, 0.6) is 23.0 Å². The van der Waals surface area contributed by atoms with Crippen LogP contribution >= 0.6 is 0 Å². The molecule has 6 heteroatoms. The van der Waals surface area contributed by atoms with Gasteiger partial charge in [-0.15, -0.1) is 0 Å². The molecule has 0 aromatic heterocycles. The summed E-state index contributed by atoms with van der Waals surface area (Å²) in [6.45, 7) is 0.974. The van der Waals surface area contributed by atoms with Crippen molar-refractivity contribution in [1.82, 2.24) is 0 Å². The van der Waals surface area contributed by atoms with E-state index in [1.165, 1.54) is 0 Å². The molecule has 37 heavy (non-hydrogen) atoms. The Labute approximate surface area is 218 Å². The van der Waals surface area contributed by atoms with Gasteiger partial charge in [-0.2, -0.15) is 0 Å². The third-order valence-corrected chi connectivity index (χ3v) is 5.90. The molecule has 0 fully saturated rings. The summed E-state index contributed by atoms with van der Waals surface area (Å²) in [7, 11) is 3.29. The molecule has 1 atom stereocenters. The van der Waals surface area contributed by atoms with E-state index in [1.807, 2.05) is 97.1 Å². The van der Waals surface area contributed by atoms with Gasteiger partial charge in [0.1, 0.15) is 30.8 Å². The van der Waals surface area contributed by atoms with Crippen molar-refractivity contribution in [3.05, 3.63) is 119 Å². The zero-order valence-corrected chi connectivity index (χ0v) is 21.1. The smallest absolute Gasteiger partial charge is 0.162 e. The van der Waals surface area contributed by atoms with E-state index in [-0.39, 0.29) is 6.61 Å². The van der Waals surface area contributed by atoms with E-state index >= 15 is 0 Å². The fraction of sp³-hybridized carbons (Fsp3) is 0.226. The Balaban J connectivity index is 1.48. The molecule has 0 saturated heterocycles. The van der Waals surface area contributed by atoms with Gasteiger partial charge in [0.05, 0.1) is 27.4 Å². The van der Waals surface area contributed by atoms with Gasteiger partial charge in [0, 0.05) is 0 Å². The molecule has 4 rings (SSSR count). The third kappa shape index (κ3) is 7.49. The van der Waals surface area contributed by atoms with Gasteiger partial charge in [-0.3, -0.25) is 0 Å². The molecule has 6 nitrogen and oxygen atoms in total. The first kappa shape index (κ1) is 26.1. The summed E-state index contributed by atoms with van der Waals surface area (Å²) in [4.78, 5) is 0. The minimum atomic E-state index is -0.407. The number of hydrogen-bond acceptors (Lipinski definition) is 6. The Morgan fingerprint density at radius 1 is 0.595 bits per heavy atom. The van der Waals surface area contributed by atoms with E-state index in [0.717, 1.165) is 33.8 Å². The van der Waals surface area contributed by atoms with Crippen molar-refractivity contribution in [2.45, 2.75) is 25.9 Å². The molecule has 192 valence electrons. The molecule has 0 aliphatic rings. The first-order valence-electron chi connectivity index (χ1n) is 12.1. The van der Waals surface area contributed by atoms with Crippen LogP contribution in [0.4, 0.5) is 0 Å². The largest absolute Gasteiger partial charge is 0.497 e. The van der Waals surface area contributed by atoms with Gasteiger partial charge in [-0.25, -0.2) is 0 Å². The Kier molecular flexibility index (Phi) is 9.41. The second kappa shape index (κ2) is 13.3. The van der Waals surface area contributed by atoms with Gasteiger partial charge in [-0.1, -0.05) is 60.7 Å². The summed E-state index contributed by atoms with van der Waals surface area (Å²) in [5.41, 5.74) is 3.87. The molecular formula is C31H32O6. The highest BCUT2D eigenvalue weighted by molar-refractivity contribution is 5.43.